The lowest BCUT2D eigenvalue weighted by atomic mass is 10.1. The summed E-state index contributed by atoms with van der Waals surface area (Å²) in [5.74, 6) is -0.752. The Morgan fingerprint density at radius 2 is 2.00 bits per heavy atom. The third-order valence-corrected chi connectivity index (χ3v) is 3.42. The largest absolute Gasteiger partial charge is 0.397 e. The van der Waals surface area contributed by atoms with Gasteiger partial charge in [0.2, 0.25) is 5.91 Å². The Hall–Kier alpha value is -2.27. The lowest BCUT2D eigenvalue weighted by Crippen LogP contribution is -2.35. The van der Waals surface area contributed by atoms with Crippen molar-refractivity contribution in [1.82, 2.24) is 0 Å². The average molecular weight is 292 g/mol. The number of rotatable bonds is 1. The Morgan fingerprint density at radius 3 is 2.80 bits per heavy atom. The second-order valence-electron chi connectivity index (χ2n) is 4.48. The summed E-state index contributed by atoms with van der Waals surface area (Å²) in [5, 5.41) is 2.72. The van der Waals surface area contributed by atoms with E-state index in [9.17, 15) is 9.18 Å². The van der Waals surface area contributed by atoms with Gasteiger partial charge in [-0.05, 0) is 18.2 Å². The number of carbonyl (C=O) groups excluding carboxylic acids is 1. The van der Waals surface area contributed by atoms with Crippen LogP contribution in [0.25, 0.3) is 0 Å². The monoisotopic (exact) mass is 291 g/mol. The van der Waals surface area contributed by atoms with Crippen molar-refractivity contribution in [3.8, 4) is 0 Å². The van der Waals surface area contributed by atoms with E-state index in [0.717, 1.165) is 5.69 Å². The molecule has 1 amide bonds. The van der Waals surface area contributed by atoms with Gasteiger partial charge in [-0.15, -0.1) is 0 Å². The van der Waals surface area contributed by atoms with Gasteiger partial charge in [0, 0.05) is 6.07 Å². The Labute approximate surface area is 119 Å². The van der Waals surface area contributed by atoms with Gasteiger partial charge in [0.25, 0.3) is 0 Å². The van der Waals surface area contributed by atoms with Gasteiger partial charge < -0.3 is 16.0 Å². The molecular formula is C14H11ClFN3O. The number of halogens is 2. The van der Waals surface area contributed by atoms with Crippen LogP contribution in [0.15, 0.2) is 36.4 Å². The van der Waals surface area contributed by atoms with Crippen LogP contribution in [0.1, 0.15) is 0 Å². The van der Waals surface area contributed by atoms with Gasteiger partial charge in [-0.1, -0.05) is 23.7 Å². The fourth-order valence-electron chi connectivity index (χ4n) is 2.23. The van der Waals surface area contributed by atoms with Crippen LogP contribution in [-0.4, -0.2) is 12.5 Å². The number of para-hydroxylation sites is 2. The van der Waals surface area contributed by atoms with Crippen LogP contribution in [0.5, 0.6) is 0 Å². The smallest absolute Gasteiger partial charge is 0.244 e. The first-order valence-corrected chi connectivity index (χ1v) is 6.35. The number of carbonyl (C=O) groups is 1. The van der Waals surface area contributed by atoms with Crippen LogP contribution in [0, 0.1) is 5.82 Å². The van der Waals surface area contributed by atoms with E-state index in [4.69, 9.17) is 17.3 Å². The second kappa shape index (κ2) is 4.68. The summed E-state index contributed by atoms with van der Waals surface area (Å²) in [6.07, 6.45) is 0. The molecule has 0 atom stereocenters. The van der Waals surface area contributed by atoms with Crippen LogP contribution >= 0.6 is 11.6 Å². The van der Waals surface area contributed by atoms with Crippen molar-refractivity contribution in [2.75, 3.05) is 22.5 Å². The SMILES string of the molecule is Nc1cc(Cl)c(F)cc1N1CC(=O)Nc2ccccc21. The molecule has 102 valence electrons. The lowest BCUT2D eigenvalue weighted by molar-refractivity contribution is -0.115. The first-order chi connectivity index (χ1) is 9.56. The van der Waals surface area contributed by atoms with Crippen molar-refractivity contribution in [1.29, 1.82) is 0 Å². The number of anilines is 4. The van der Waals surface area contributed by atoms with Crippen molar-refractivity contribution >= 4 is 40.3 Å². The van der Waals surface area contributed by atoms with Gasteiger partial charge in [-0.2, -0.15) is 0 Å². The van der Waals surface area contributed by atoms with Gasteiger partial charge in [0.05, 0.1) is 27.8 Å². The van der Waals surface area contributed by atoms with Crippen LogP contribution < -0.4 is 16.0 Å². The number of hydrogen-bond acceptors (Lipinski definition) is 3. The minimum atomic E-state index is -0.570. The van der Waals surface area contributed by atoms with E-state index in [0.29, 0.717) is 17.1 Å². The van der Waals surface area contributed by atoms with Crippen molar-refractivity contribution in [3.63, 3.8) is 0 Å². The molecule has 4 nitrogen and oxygen atoms in total. The summed E-state index contributed by atoms with van der Waals surface area (Å²) in [6.45, 7) is 0.0717. The van der Waals surface area contributed by atoms with Gasteiger partial charge in [-0.25, -0.2) is 4.39 Å². The zero-order valence-corrected chi connectivity index (χ0v) is 11.1. The van der Waals surface area contributed by atoms with Gasteiger partial charge in [0.1, 0.15) is 12.4 Å². The standard InChI is InChI=1S/C14H11ClFN3O/c15-8-5-10(17)13(6-9(8)16)19-7-14(20)18-11-3-1-2-4-12(11)19/h1-6H,7,17H2,(H,18,20). The maximum Gasteiger partial charge on any atom is 0.244 e. The van der Waals surface area contributed by atoms with E-state index in [1.54, 1.807) is 11.0 Å². The van der Waals surface area contributed by atoms with Crippen LogP contribution in [0.4, 0.5) is 27.1 Å². The maximum atomic E-state index is 13.7. The third kappa shape index (κ3) is 2.06. The van der Waals surface area contributed by atoms with Crippen molar-refractivity contribution in [2.24, 2.45) is 0 Å². The molecule has 6 heteroatoms. The highest BCUT2D eigenvalue weighted by Gasteiger charge is 2.24. The predicted octanol–water partition coefficient (Wildman–Crippen LogP) is 3.15. The van der Waals surface area contributed by atoms with Crippen molar-refractivity contribution in [3.05, 3.63) is 47.2 Å². The summed E-state index contributed by atoms with van der Waals surface area (Å²) in [5.41, 5.74) is 8.07. The second-order valence-corrected chi connectivity index (χ2v) is 4.88. The van der Waals surface area contributed by atoms with E-state index < -0.39 is 5.82 Å². The zero-order chi connectivity index (χ0) is 14.3. The third-order valence-electron chi connectivity index (χ3n) is 3.13. The molecule has 0 unspecified atom stereocenters. The molecule has 0 fully saturated rings. The summed E-state index contributed by atoms with van der Waals surface area (Å²) < 4.78 is 13.7. The number of nitrogen functional groups attached to an aromatic ring is 1. The highest BCUT2D eigenvalue weighted by molar-refractivity contribution is 6.31. The minimum Gasteiger partial charge on any atom is -0.397 e. The zero-order valence-electron chi connectivity index (χ0n) is 10.4. The molecule has 0 saturated heterocycles. The first-order valence-electron chi connectivity index (χ1n) is 5.97. The molecule has 1 aliphatic heterocycles. The molecule has 1 aliphatic rings. The van der Waals surface area contributed by atoms with Gasteiger partial charge >= 0.3 is 0 Å². The number of benzene rings is 2. The quantitative estimate of drug-likeness (QED) is 0.794. The first kappa shape index (κ1) is 12.7. The summed E-state index contributed by atoms with van der Waals surface area (Å²) >= 11 is 5.70. The molecule has 0 radical (unpaired) electrons. The molecule has 20 heavy (non-hydrogen) atoms. The summed E-state index contributed by atoms with van der Waals surface area (Å²) in [6, 6.07) is 9.86. The van der Waals surface area contributed by atoms with Crippen molar-refractivity contribution < 1.29 is 9.18 Å². The molecule has 0 bridgehead atoms. The molecule has 1 heterocycles. The number of nitrogens with zero attached hydrogens (tertiary/aromatic N) is 1. The molecule has 0 saturated carbocycles. The van der Waals surface area contributed by atoms with Crippen LogP contribution in [-0.2, 0) is 4.79 Å². The van der Waals surface area contributed by atoms with Gasteiger partial charge in [0.15, 0.2) is 0 Å². The molecular weight excluding hydrogens is 281 g/mol. The number of hydrogen-bond donors (Lipinski definition) is 2. The number of nitrogens with one attached hydrogen (secondary N) is 1. The fourth-order valence-corrected chi connectivity index (χ4v) is 2.41. The van der Waals surface area contributed by atoms with Gasteiger partial charge in [-0.3, -0.25) is 4.79 Å². The van der Waals surface area contributed by atoms with Crippen LogP contribution in [0.2, 0.25) is 5.02 Å². The molecule has 0 aliphatic carbocycles. The summed E-state index contributed by atoms with van der Waals surface area (Å²) in [4.78, 5) is 13.4. The normalized spacial score (nSPS) is 13.9. The number of amides is 1. The molecule has 2 aromatic rings. The van der Waals surface area contributed by atoms with Crippen LogP contribution in [0.3, 0.4) is 0 Å². The fraction of sp³-hybridized carbons (Fsp3) is 0.0714. The van der Waals surface area contributed by atoms with E-state index in [1.807, 2.05) is 18.2 Å². The Bertz CT molecular complexity index is 705. The molecule has 2 aromatic carbocycles. The Balaban J connectivity index is 2.15. The molecule has 3 N–H and O–H groups in total. The minimum absolute atomic E-state index is 0.0407. The maximum absolute atomic E-state index is 13.7. The Kier molecular flexibility index (Phi) is 2.99. The average Bonchev–Trinajstić information content (AvgIpc) is 2.42. The molecule has 0 spiro atoms. The van der Waals surface area contributed by atoms with E-state index in [-0.39, 0.29) is 17.5 Å². The highest BCUT2D eigenvalue weighted by Crippen LogP contribution is 2.38. The van der Waals surface area contributed by atoms with Crippen molar-refractivity contribution in [2.45, 2.75) is 0 Å². The highest BCUT2D eigenvalue weighted by atomic mass is 35.5. The lowest BCUT2D eigenvalue weighted by Gasteiger charge is -2.31. The van der Waals surface area contributed by atoms with E-state index >= 15 is 0 Å². The molecule has 3 rings (SSSR count). The summed E-state index contributed by atoms with van der Waals surface area (Å²) in [7, 11) is 0. The van der Waals surface area contributed by atoms with E-state index in [1.165, 1.54) is 12.1 Å². The van der Waals surface area contributed by atoms with E-state index in [2.05, 4.69) is 5.32 Å². The molecule has 0 aromatic heterocycles. The predicted molar refractivity (Wildman–Crippen MR) is 77.9 cm³/mol. The Morgan fingerprint density at radius 1 is 1.25 bits per heavy atom. The number of fused-ring (bicyclic) bond motifs is 1. The number of nitrogens with two attached hydrogens (primary N) is 1. The topological polar surface area (TPSA) is 58.4 Å².